The Hall–Kier alpha value is -2.12. The number of aromatic nitrogens is 1. The number of rotatable bonds is 3. The van der Waals surface area contributed by atoms with Crippen molar-refractivity contribution in [1.29, 1.82) is 0 Å². The Bertz CT molecular complexity index is 596. The molecule has 1 amide bonds. The van der Waals surface area contributed by atoms with Crippen LogP contribution < -0.4 is 0 Å². The van der Waals surface area contributed by atoms with Crippen molar-refractivity contribution >= 4 is 12.4 Å². The highest BCUT2D eigenvalue weighted by Gasteiger charge is 2.45. The molecule has 8 heteroatoms. The van der Waals surface area contributed by atoms with Crippen LogP contribution in [0.5, 0.6) is 0 Å². The molecule has 0 aliphatic carbocycles. The van der Waals surface area contributed by atoms with Crippen molar-refractivity contribution in [2.75, 3.05) is 7.05 Å². The third-order valence-corrected chi connectivity index (χ3v) is 3.22. The number of nitrogens with zero attached hydrogens (tertiary/aromatic N) is 2. The smallest absolute Gasteiger partial charge is 0.433 e. The van der Waals surface area contributed by atoms with Crippen LogP contribution in [0, 0.1) is 0 Å². The van der Waals surface area contributed by atoms with Gasteiger partial charge in [0, 0.05) is 18.8 Å². The van der Waals surface area contributed by atoms with Gasteiger partial charge in [0.15, 0.2) is 0 Å². The molecule has 0 fully saturated rings. The first-order chi connectivity index (χ1) is 10.3. The summed E-state index contributed by atoms with van der Waals surface area (Å²) in [6, 6.07) is 2.39. The van der Waals surface area contributed by atoms with Crippen molar-refractivity contribution < 1.29 is 27.5 Å². The third kappa shape index (κ3) is 4.20. The molecule has 1 aromatic rings. The maximum Gasteiger partial charge on any atom is 0.433 e. The van der Waals surface area contributed by atoms with Gasteiger partial charge >= 0.3 is 12.3 Å². The van der Waals surface area contributed by atoms with E-state index in [-0.39, 0.29) is 6.29 Å². The molecule has 1 unspecified atom stereocenters. The normalized spacial score (nSPS) is 14.8. The van der Waals surface area contributed by atoms with E-state index in [9.17, 15) is 22.8 Å². The van der Waals surface area contributed by atoms with Crippen LogP contribution in [0.1, 0.15) is 39.0 Å². The third-order valence-electron chi connectivity index (χ3n) is 3.22. The fourth-order valence-corrected chi connectivity index (χ4v) is 1.88. The fourth-order valence-electron chi connectivity index (χ4n) is 1.88. The fraction of sp³-hybridized carbons (Fsp3) is 0.533. The van der Waals surface area contributed by atoms with E-state index >= 15 is 0 Å². The lowest BCUT2D eigenvalue weighted by Gasteiger charge is -2.36. The second kappa shape index (κ2) is 6.17. The lowest BCUT2D eigenvalue weighted by atomic mass is 9.90. The van der Waals surface area contributed by atoms with Crippen molar-refractivity contribution in [3.63, 3.8) is 0 Å². The molecule has 0 saturated heterocycles. The van der Waals surface area contributed by atoms with Gasteiger partial charge in [0.25, 0.3) is 0 Å². The zero-order valence-electron chi connectivity index (χ0n) is 13.6. The molecule has 23 heavy (non-hydrogen) atoms. The first-order valence-electron chi connectivity index (χ1n) is 6.79. The van der Waals surface area contributed by atoms with Crippen molar-refractivity contribution in [2.24, 2.45) is 0 Å². The summed E-state index contributed by atoms with van der Waals surface area (Å²) >= 11 is 0. The second-order valence-corrected chi connectivity index (χ2v) is 6.20. The number of carbonyl (C=O) groups is 2. The van der Waals surface area contributed by atoms with Gasteiger partial charge in [-0.3, -0.25) is 9.88 Å². The Kier molecular flexibility index (Phi) is 5.08. The summed E-state index contributed by atoms with van der Waals surface area (Å²) < 4.78 is 44.5. The van der Waals surface area contributed by atoms with Gasteiger partial charge in [-0.05, 0) is 33.8 Å². The van der Waals surface area contributed by atoms with E-state index < -0.39 is 34.7 Å². The number of alkyl halides is 3. The van der Waals surface area contributed by atoms with Gasteiger partial charge in [0.05, 0.1) is 0 Å². The maximum atomic E-state index is 13.1. The van der Waals surface area contributed by atoms with Crippen molar-refractivity contribution in [2.45, 2.75) is 45.0 Å². The summed E-state index contributed by atoms with van der Waals surface area (Å²) in [6.07, 6.45) is -4.42. The molecule has 0 aliphatic heterocycles. The topological polar surface area (TPSA) is 59.5 Å². The molecule has 0 radical (unpaired) electrons. The summed E-state index contributed by atoms with van der Waals surface area (Å²) in [5.41, 5.74) is -4.36. The largest absolute Gasteiger partial charge is 0.444 e. The van der Waals surface area contributed by atoms with Crippen LogP contribution in [0.25, 0.3) is 0 Å². The maximum absolute atomic E-state index is 13.1. The molecule has 0 aromatic carbocycles. The molecule has 128 valence electrons. The molecular weight excluding hydrogens is 313 g/mol. The van der Waals surface area contributed by atoms with E-state index in [2.05, 4.69) is 4.98 Å². The number of likely N-dealkylation sites (N-methyl/N-ethyl adjacent to an activating group) is 1. The highest BCUT2D eigenvalue weighted by atomic mass is 19.4. The Balaban J connectivity index is 3.36. The van der Waals surface area contributed by atoms with E-state index in [1.165, 1.54) is 20.0 Å². The number of ether oxygens (including phenoxy) is 1. The van der Waals surface area contributed by atoms with E-state index in [0.29, 0.717) is 0 Å². The number of carbonyl (C=O) groups excluding carboxylic acids is 2. The quantitative estimate of drug-likeness (QED) is 0.796. The number of hydrogen-bond donors (Lipinski definition) is 0. The lowest BCUT2D eigenvalue weighted by Crippen LogP contribution is -2.49. The zero-order chi connectivity index (χ0) is 18.1. The average molecular weight is 332 g/mol. The second-order valence-electron chi connectivity index (χ2n) is 6.20. The molecule has 1 heterocycles. The van der Waals surface area contributed by atoms with Crippen LogP contribution in [0.3, 0.4) is 0 Å². The zero-order valence-corrected chi connectivity index (χ0v) is 13.6. The summed E-state index contributed by atoms with van der Waals surface area (Å²) in [4.78, 5) is 27.9. The Morgan fingerprint density at radius 3 is 2.26 bits per heavy atom. The Labute approximate surface area is 132 Å². The van der Waals surface area contributed by atoms with Gasteiger partial charge in [0.1, 0.15) is 23.1 Å². The minimum Gasteiger partial charge on any atom is -0.444 e. The summed E-state index contributed by atoms with van der Waals surface area (Å²) in [5, 5.41) is 0. The summed E-state index contributed by atoms with van der Waals surface area (Å²) in [5.74, 6) is 0. The van der Waals surface area contributed by atoms with Crippen LogP contribution in [0.4, 0.5) is 18.0 Å². The van der Waals surface area contributed by atoms with E-state index in [1.807, 2.05) is 0 Å². The lowest BCUT2D eigenvalue weighted by molar-refractivity contribution is -0.143. The van der Waals surface area contributed by atoms with Gasteiger partial charge in [-0.15, -0.1) is 0 Å². The van der Waals surface area contributed by atoms with E-state index in [1.54, 1.807) is 20.8 Å². The average Bonchev–Trinajstić information content (AvgIpc) is 2.43. The number of amides is 1. The van der Waals surface area contributed by atoms with Crippen molar-refractivity contribution in [3.8, 4) is 0 Å². The number of pyridine rings is 1. The van der Waals surface area contributed by atoms with Gasteiger partial charge in [-0.2, -0.15) is 13.2 Å². The first kappa shape index (κ1) is 18.9. The molecule has 0 N–H and O–H groups in total. The minimum absolute atomic E-state index is 0.267. The molecule has 1 aromatic heterocycles. The summed E-state index contributed by atoms with van der Waals surface area (Å²) in [7, 11) is 1.20. The molecule has 1 atom stereocenters. The molecule has 0 saturated carbocycles. The van der Waals surface area contributed by atoms with Crippen LogP contribution in [-0.4, -0.2) is 34.9 Å². The highest BCUT2D eigenvalue weighted by molar-refractivity contribution is 5.78. The number of aldehydes is 1. The minimum atomic E-state index is -4.75. The van der Waals surface area contributed by atoms with Crippen LogP contribution in [-0.2, 0) is 21.2 Å². The Morgan fingerprint density at radius 1 is 1.26 bits per heavy atom. The van der Waals surface area contributed by atoms with Crippen molar-refractivity contribution in [1.82, 2.24) is 9.88 Å². The van der Waals surface area contributed by atoms with Gasteiger partial charge in [0.2, 0.25) is 0 Å². The van der Waals surface area contributed by atoms with Gasteiger partial charge < -0.3 is 9.53 Å². The van der Waals surface area contributed by atoms with Gasteiger partial charge in [-0.25, -0.2) is 4.79 Å². The number of halogens is 3. The molecule has 0 bridgehead atoms. The molecule has 5 nitrogen and oxygen atoms in total. The molecule has 1 rings (SSSR count). The van der Waals surface area contributed by atoms with Crippen LogP contribution >= 0.6 is 0 Å². The first-order valence-corrected chi connectivity index (χ1v) is 6.79. The van der Waals surface area contributed by atoms with Crippen LogP contribution in [0.2, 0.25) is 0 Å². The molecular formula is C15H19F3N2O3. The van der Waals surface area contributed by atoms with E-state index in [0.717, 1.165) is 17.2 Å². The van der Waals surface area contributed by atoms with Crippen LogP contribution in [0.15, 0.2) is 18.3 Å². The monoisotopic (exact) mass is 332 g/mol. The highest BCUT2D eigenvalue weighted by Crippen LogP contribution is 2.37. The summed E-state index contributed by atoms with van der Waals surface area (Å²) in [6.45, 7) is 6.04. The Morgan fingerprint density at radius 2 is 1.83 bits per heavy atom. The van der Waals surface area contributed by atoms with E-state index in [4.69, 9.17) is 4.74 Å². The van der Waals surface area contributed by atoms with Crippen molar-refractivity contribution in [3.05, 3.63) is 29.6 Å². The SMILES string of the molecule is CN(C(=O)OC(C)(C)C)C(C)(C=O)c1cccnc1C(F)(F)F. The number of hydrogen-bond acceptors (Lipinski definition) is 4. The predicted octanol–water partition coefficient (Wildman–Crippen LogP) is 3.38. The predicted molar refractivity (Wildman–Crippen MR) is 76.7 cm³/mol. The molecule has 0 spiro atoms. The van der Waals surface area contributed by atoms with Gasteiger partial charge in [-0.1, -0.05) is 6.07 Å². The molecule has 0 aliphatic rings. The standard InChI is InChI=1S/C15H19F3N2O3/c1-13(2,3)23-12(22)20(5)14(4,9-21)10-7-6-8-19-11(10)15(16,17)18/h6-9H,1-5H3.